The summed E-state index contributed by atoms with van der Waals surface area (Å²) in [5.41, 5.74) is 2.67. The number of pyridine rings is 2. The number of aromatic nitrogens is 2. The number of hydrogen-bond donors (Lipinski definition) is 2. The topological polar surface area (TPSA) is 116 Å². The molecule has 0 unspecified atom stereocenters. The Kier molecular flexibility index (Phi) is 14.0. The van der Waals surface area contributed by atoms with E-state index < -0.39 is 36.7 Å². The third-order valence-corrected chi connectivity index (χ3v) is 6.74. The van der Waals surface area contributed by atoms with Gasteiger partial charge in [0, 0.05) is 36.1 Å². The number of nitrogens with zero attached hydrogens (tertiary/aromatic N) is 2. The van der Waals surface area contributed by atoms with E-state index in [0.717, 1.165) is 13.1 Å². The van der Waals surface area contributed by atoms with Crippen LogP contribution in [0.1, 0.15) is 50.7 Å². The Bertz CT molecular complexity index is 1160. The second-order valence-corrected chi connectivity index (χ2v) is 11.4. The summed E-state index contributed by atoms with van der Waals surface area (Å²) in [7, 11) is -14.1. The van der Waals surface area contributed by atoms with Crippen LogP contribution in [0.2, 0.25) is 0 Å². The second kappa shape index (κ2) is 14.9. The molecule has 0 fully saturated rings. The molecule has 2 rings (SSSR count). The Morgan fingerprint density at radius 3 is 1.23 bits per heavy atom. The number of rotatable bonds is 10. The molecule has 0 saturated carbocycles. The van der Waals surface area contributed by atoms with E-state index in [2.05, 4.69) is 85.9 Å². The minimum Gasteiger partial charge on any atom is -0.281 e. The van der Waals surface area contributed by atoms with Gasteiger partial charge in [0.2, 0.25) is 0 Å². The number of unbranched alkanes of at least 4 members (excludes halogenated alkanes) is 2. The average Bonchev–Trinajstić information content (AvgIpc) is 2.80. The van der Waals surface area contributed by atoms with E-state index in [9.17, 15) is 43.2 Å². The van der Waals surface area contributed by atoms with Gasteiger partial charge in [-0.05, 0) is 26.0 Å². The van der Waals surface area contributed by atoms with E-state index in [0.29, 0.717) is 0 Å². The molecule has 0 aliphatic rings. The van der Waals surface area contributed by atoms with Gasteiger partial charge in [0.15, 0.2) is 24.8 Å². The fourth-order valence-electron chi connectivity index (χ4n) is 2.76. The Morgan fingerprint density at radius 2 is 1.00 bits per heavy atom. The molecular weight excluding hydrogens is 578 g/mol. The molecule has 0 amide bonds. The molecule has 2 heterocycles. The van der Waals surface area contributed by atoms with Crippen LogP contribution in [-0.2, 0) is 33.3 Å². The Balaban J connectivity index is 0.000000575. The molecule has 39 heavy (non-hydrogen) atoms. The van der Waals surface area contributed by atoms with Crippen molar-refractivity contribution in [3.8, 4) is 0 Å². The highest BCUT2D eigenvalue weighted by Gasteiger charge is 2.82. The summed E-state index contributed by atoms with van der Waals surface area (Å²) in [5, 5.41) is -13.6. The predicted molar refractivity (Wildman–Crippen MR) is 131 cm³/mol. The van der Waals surface area contributed by atoms with E-state index in [4.69, 9.17) is 9.11 Å². The van der Waals surface area contributed by atoms with Gasteiger partial charge < -0.3 is 0 Å². The van der Waals surface area contributed by atoms with Gasteiger partial charge in [-0.15, -0.1) is 0 Å². The van der Waals surface area contributed by atoms with Crippen molar-refractivity contribution in [3.05, 3.63) is 60.2 Å². The SMILES string of the molecule is CCCC[n+]1cccc(C)c1.CCCC[n+]1cccc(C)c1.O=S(=O)(O)C(F)(F)C(F)(F)C(F)(F)S(=O)(=O)O. The first-order chi connectivity index (χ1) is 17.7. The smallest absolute Gasteiger partial charge is 0.281 e. The van der Waals surface area contributed by atoms with Gasteiger partial charge >= 0.3 is 36.7 Å². The van der Waals surface area contributed by atoms with Crippen LogP contribution in [0.4, 0.5) is 26.3 Å². The van der Waals surface area contributed by atoms with E-state index >= 15 is 0 Å². The lowest BCUT2D eigenvalue weighted by molar-refractivity contribution is -0.697. The van der Waals surface area contributed by atoms with Crippen LogP contribution in [0, 0.1) is 13.8 Å². The van der Waals surface area contributed by atoms with Gasteiger partial charge in [0.1, 0.15) is 13.1 Å². The lowest BCUT2D eigenvalue weighted by Crippen LogP contribution is -2.60. The zero-order valence-electron chi connectivity index (χ0n) is 21.9. The highest BCUT2D eigenvalue weighted by molar-refractivity contribution is 7.88. The van der Waals surface area contributed by atoms with Gasteiger partial charge in [-0.1, -0.05) is 26.7 Å². The highest BCUT2D eigenvalue weighted by Crippen LogP contribution is 2.50. The standard InChI is InChI=1S/2C10H16N.C3H2F6O6S2/c2*1-3-4-7-11-8-5-6-10(2)9-11;4-1(5,2(6,7)16(10,11)12)3(8,9)17(13,14)15/h2*5-6,8-9H,3-4,7H2,1-2H3;(H,10,11,12)(H,13,14,15)/q2*+1;. The van der Waals surface area contributed by atoms with Gasteiger partial charge in [-0.25, -0.2) is 9.13 Å². The average molecular weight is 613 g/mol. The monoisotopic (exact) mass is 612 g/mol. The van der Waals surface area contributed by atoms with Crippen LogP contribution in [0.5, 0.6) is 0 Å². The van der Waals surface area contributed by atoms with Gasteiger partial charge in [-0.2, -0.15) is 43.2 Å². The van der Waals surface area contributed by atoms with Crippen molar-refractivity contribution < 1.29 is 61.4 Å². The third kappa shape index (κ3) is 10.7. The van der Waals surface area contributed by atoms with Crippen molar-refractivity contribution in [2.24, 2.45) is 0 Å². The molecule has 8 nitrogen and oxygen atoms in total. The van der Waals surface area contributed by atoms with Crippen molar-refractivity contribution in [1.29, 1.82) is 0 Å². The van der Waals surface area contributed by atoms with E-state index in [-0.39, 0.29) is 0 Å². The number of halogens is 6. The van der Waals surface area contributed by atoms with E-state index in [1.165, 1.54) is 36.8 Å². The summed E-state index contributed by atoms with van der Waals surface area (Å²) < 4.78 is 133. The summed E-state index contributed by atoms with van der Waals surface area (Å²) in [4.78, 5) is 0. The largest absolute Gasteiger partial charge is 0.439 e. The lowest BCUT2D eigenvalue weighted by atomic mass is 10.3. The molecule has 2 aromatic rings. The lowest BCUT2D eigenvalue weighted by Gasteiger charge is -2.28. The Labute approximate surface area is 224 Å². The van der Waals surface area contributed by atoms with Crippen LogP contribution >= 0.6 is 0 Å². The molecule has 0 aliphatic heterocycles. The summed E-state index contributed by atoms with van der Waals surface area (Å²) in [6, 6.07) is 8.46. The molecular formula is C23H34F6N2O6S2+2. The maximum absolute atomic E-state index is 12.4. The summed E-state index contributed by atoms with van der Waals surface area (Å²) >= 11 is 0. The van der Waals surface area contributed by atoms with Crippen LogP contribution in [0.15, 0.2) is 49.1 Å². The number of hydrogen-bond acceptors (Lipinski definition) is 4. The van der Waals surface area contributed by atoms with Crippen molar-refractivity contribution in [2.45, 2.75) is 82.9 Å². The molecule has 0 spiro atoms. The van der Waals surface area contributed by atoms with Gasteiger partial charge in [0.05, 0.1) is 0 Å². The molecule has 0 atom stereocenters. The first kappa shape index (κ1) is 36.7. The highest BCUT2D eigenvalue weighted by atomic mass is 32.2. The molecule has 0 aromatic carbocycles. The maximum atomic E-state index is 12.4. The zero-order chi connectivity index (χ0) is 30.7. The van der Waals surface area contributed by atoms with Crippen molar-refractivity contribution in [3.63, 3.8) is 0 Å². The summed E-state index contributed by atoms with van der Waals surface area (Å²) in [6.45, 7) is 11.0. The number of alkyl halides is 6. The van der Waals surface area contributed by atoms with Crippen LogP contribution < -0.4 is 9.13 Å². The molecule has 0 bridgehead atoms. The molecule has 224 valence electrons. The molecule has 16 heteroatoms. The zero-order valence-corrected chi connectivity index (χ0v) is 23.5. The predicted octanol–water partition coefficient (Wildman–Crippen LogP) is 4.75. The van der Waals surface area contributed by atoms with Crippen molar-refractivity contribution in [1.82, 2.24) is 0 Å². The molecule has 0 aliphatic carbocycles. The van der Waals surface area contributed by atoms with Gasteiger partial charge in [-0.3, -0.25) is 9.11 Å². The van der Waals surface area contributed by atoms with E-state index in [1.54, 1.807) is 0 Å². The Morgan fingerprint density at radius 1 is 0.692 bits per heavy atom. The first-order valence-electron chi connectivity index (χ1n) is 11.6. The molecule has 2 aromatic heterocycles. The normalized spacial score (nSPS) is 12.6. The minimum absolute atomic E-state index is 1.15. The summed E-state index contributed by atoms with van der Waals surface area (Å²) in [5.74, 6) is -7.08. The second-order valence-electron chi connectivity index (χ2n) is 8.50. The minimum atomic E-state index is -7.08. The summed E-state index contributed by atoms with van der Waals surface area (Å²) in [6.07, 6.45) is 13.7. The van der Waals surface area contributed by atoms with E-state index in [1.807, 2.05) is 0 Å². The quantitative estimate of drug-likeness (QED) is 0.227. The van der Waals surface area contributed by atoms with Crippen LogP contribution in [0.3, 0.4) is 0 Å². The number of aryl methyl sites for hydroxylation is 4. The fourth-order valence-corrected chi connectivity index (χ4v) is 3.73. The van der Waals surface area contributed by atoms with Crippen LogP contribution in [0.25, 0.3) is 0 Å². The molecule has 0 radical (unpaired) electrons. The van der Waals surface area contributed by atoms with Gasteiger partial charge in [0.25, 0.3) is 0 Å². The van der Waals surface area contributed by atoms with Crippen LogP contribution in [-0.4, -0.2) is 42.4 Å². The fraction of sp³-hybridized carbons (Fsp3) is 0.565. The first-order valence-corrected chi connectivity index (χ1v) is 14.5. The third-order valence-electron chi connectivity index (χ3n) is 4.93. The molecule has 2 N–H and O–H groups in total. The van der Waals surface area contributed by atoms with Crippen molar-refractivity contribution >= 4 is 20.2 Å². The Hall–Kier alpha value is -2.30. The van der Waals surface area contributed by atoms with Crippen molar-refractivity contribution in [2.75, 3.05) is 0 Å². The molecule has 0 saturated heterocycles. The maximum Gasteiger partial charge on any atom is 0.439 e.